The van der Waals surface area contributed by atoms with Gasteiger partial charge < -0.3 is 14.2 Å². The normalized spacial score (nSPS) is 25.7. The first kappa shape index (κ1) is 15.2. The number of likely N-dealkylation sites (tertiary alicyclic amines) is 1. The lowest BCUT2D eigenvalue weighted by Crippen LogP contribution is -2.35. The average molecular weight is 327 g/mol. The number of aromatic nitrogens is 2. The molecule has 126 valence electrons. The summed E-state index contributed by atoms with van der Waals surface area (Å²) in [6, 6.07) is 7.37. The van der Waals surface area contributed by atoms with Gasteiger partial charge in [-0.2, -0.15) is 0 Å². The number of ether oxygens (including phenoxy) is 1. The van der Waals surface area contributed by atoms with Crippen molar-refractivity contribution in [2.24, 2.45) is 11.3 Å². The van der Waals surface area contributed by atoms with Crippen LogP contribution in [0.3, 0.4) is 0 Å². The van der Waals surface area contributed by atoms with Crippen LogP contribution in [0, 0.1) is 18.3 Å². The molecule has 4 rings (SSSR count). The molecule has 2 fully saturated rings. The molecule has 0 radical (unpaired) electrons. The van der Waals surface area contributed by atoms with Gasteiger partial charge in [-0.1, -0.05) is 17.6 Å². The number of hydrogen-bond acceptors (Lipinski definition) is 5. The lowest BCUT2D eigenvalue weighted by atomic mass is 9.81. The van der Waals surface area contributed by atoms with Gasteiger partial charge in [0.2, 0.25) is 11.6 Å². The van der Waals surface area contributed by atoms with E-state index in [0.717, 1.165) is 25.1 Å². The molecular formula is C18H21N3O3. The SMILES string of the molecule is Cc1cc(C(=O)N2C[C@H]3CCC[C@@]3(COc3ccccn3)C2)on1. The molecular weight excluding hydrogens is 306 g/mol. The molecule has 0 aromatic carbocycles. The Labute approximate surface area is 140 Å². The minimum atomic E-state index is -0.0674. The second-order valence-electron chi connectivity index (χ2n) is 6.93. The molecule has 1 saturated heterocycles. The zero-order valence-electron chi connectivity index (χ0n) is 13.8. The van der Waals surface area contributed by atoms with Crippen LogP contribution in [-0.4, -0.2) is 40.6 Å². The second-order valence-corrected chi connectivity index (χ2v) is 6.93. The standard InChI is InChI=1S/C18H21N3O3/c1-13-9-15(24-20-13)17(22)21-10-14-5-4-7-18(14,11-21)12-23-16-6-2-3-8-19-16/h2-3,6,8-9,14H,4-5,7,10-12H2,1H3/t14-,18+/m1/s1. The zero-order valence-corrected chi connectivity index (χ0v) is 13.8. The summed E-state index contributed by atoms with van der Waals surface area (Å²) in [5, 5.41) is 3.82. The van der Waals surface area contributed by atoms with E-state index in [1.807, 2.05) is 30.0 Å². The second kappa shape index (κ2) is 5.92. The third-order valence-corrected chi connectivity index (χ3v) is 5.31. The number of amides is 1. The fourth-order valence-corrected chi connectivity index (χ4v) is 4.08. The van der Waals surface area contributed by atoms with Crippen molar-refractivity contribution in [3.8, 4) is 5.88 Å². The van der Waals surface area contributed by atoms with Gasteiger partial charge in [0.1, 0.15) is 0 Å². The third kappa shape index (κ3) is 2.66. The molecule has 0 spiro atoms. The Morgan fingerprint density at radius 3 is 3.17 bits per heavy atom. The number of pyridine rings is 1. The van der Waals surface area contributed by atoms with Crippen LogP contribution in [0.2, 0.25) is 0 Å². The van der Waals surface area contributed by atoms with Gasteiger partial charge in [-0.25, -0.2) is 4.98 Å². The van der Waals surface area contributed by atoms with E-state index < -0.39 is 0 Å². The Morgan fingerprint density at radius 1 is 1.50 bits per heavy atom. The fraction of sp³-hybridized carbons (Fsp3) is 0.500. The maximum Gasteiger partial charge on any atom is 0.292 e. The number of hydrogen-bond donors (Lipinski definition) is 0. The summed E-state index contributed by atoms with van der Waals surface area (Å²) in [5.41, 5.74) is 0.758. The van der Waals surface area contributed by atoms with Gasteiger partial charge >= 0.3 is 0 Å². The molecule has 1 aliphatic carbocycles. The number of fused-ring (bicyclic) bond motifs is 1. The topological polar surface area (TPSA) is 68.5 Å². The fourth-order valence-electron chi connectivity index (χ4n) is 4.08. The van der Waals surface area contributed by atoms with Gasteiger partial charge in [0, 0.05) is 36.8 Å². The van der Waals surface area contributed by atoms with Gasteiger partial charge in [-0.05, 0) is 31.7 Å². The molecule has 2 aromatic heterocycles. The van der Waals surface area contributed by atoms with E-state index in [-0.39, 0.29) is 11.3 Å². The van der Waals surface area contributed by atoms with Crippen LogP contribution in [0.15, 0.2) is 35.0 Å². The minimum Gasteiger partial charge on any atom is -0.477 e. The van der Waals surface area contributed by atoms with Crippen molar-refractivity contribution < 1.29 is 14.1 Å². The first-order valence-corrected chi connectivity index (χ1v) is 8.43. The molecule has 1 saturated carbocycles. The number of nitrogens with zero attached hydrogens (tertiary/aromatic N) is 3. The number of aryl methyl sites for hydroxylation is 1. The summed E-state index contributed by atoms with van der Waals surface area (Å²) in [6.45, 7) is 3.91. The Morgan fingerprint density at radius 2 is 2.42 bits per heavy atom. The number of carbonyl (C=O) groups excluding carboxylic acids is 1. The van der Waals surface area contributed by atoms with Gasteiger partial charge in [0.15, 0.2) is 0 Å². The lowest BCUT2D eigenvalue weighted by molar-refractivity contribution is 0.0704. The van der Waals surface area contributed by atoms with Gasteiger partial charge in [0.05, 0.1) is 12.3 Å². The summed E-state index contributed by atoms with van der Waals surface area (Å²) in [7, 11) is 0. The highest BCUT2D eigenvalue weighted by molar-refractivity contribution is 5.91. The molecule has 6 nitrogen and oxygen atoms in total. The molecule has 0 bridgehead atoms. The van der Waals surface area contributed by atoms with E-state index >= 15 is 0 Å². The molecule has 24 heavy (non-hydrogen) atoms. The van der Waals surface area contributed by atoms with Gasteiger partial charge in [-0.15, -0.1) is 0 Å². The largest absolute Gasteiger partial charge is 0.477 e. The predicted octanol–water partition coefficient (Wildman–Crippen LogP) is 2.70. The van der Waals surface area contributed by atoms with E-state index in [2.05, 4.69) is 10.1 Å². The maximum absolute atomic E-state index is 12.6. The van der Waals surface area contributed by atoms with Gasteiger partial charge in [-0.3, -0.25) is 4.79 Å². The van der Waals surface area contributed by atoms with Crippen LogP contribution >= 0.6 is 0 Å². The van der Waals surface area contributed by atoms with Crippen molar-refractivity contribution in [1.82, 2.24) is 15.0 Å². The molecule has 0 N–H and O–H groups in total. The quantitative estimate of drug-likeness (QED) is 0.863. The van der Waals surface area contributed by atoms with Crippen LogP contribution in [0.5, 0.6) is 5.88 Å². The summed E-state index contributed by atoms with van der Waals surface area (Å²) < 4.78 is 11.1. The van der Waals surface area contributed by atoms with Crippen molar-refractivity contribution >= 4 is 5.91 Å². The van der Waals surface area contributed by atoms with Gasteiger partial charge in [0.25, 0.3) is 5.91 Å². The molecule has 2 atom stereocenters. The smallest absolute Gasteiger partial charge is 0.292 e. The van der Waals surface area contributed by atoms with Crippen molar-refractivity contribution in [2.45, 2.75) is 26.2 Å². The Balaban J connectivity index is 1.47. The van der Waals surface area contributed by atoms with Crippen LogP contribution < -0.4 is 4.74 Å². The molecule has 1 amide bonds. The first-order valence-electron chi connectivity index (χ1n) is 8.43. The van der Waals surface area contributed by atoms with E-state index in [1.165, 1.54) is 6.42 Å². The van der Waals surface area contributed by atoms with Crippen molar-refractivity contribution in [2.75, 3.05) is 19.7 Å². The molecule has 6 heteroatoms. The predicted molar refractivity (Wildman–Crippen MR) is 86.6 cm³/mol. The summed E-state index contributed by atoms with van der Waals surface area (Å²) in [6.07, 6.45) is 5.16. The highest BCUT2D eigenvalue weighted by Gasteiger charge is 2.51. The van der Waals surface area contributed by atoms with E-state index in [9.17, 15) is 4.79 Å². The van der Waals surface area contributed by atoms with Crippen molar-refractivity contribution in [1.29, 1.82) is 0 Å². The zero-order chi connectivity index (χ0) is 16.6. The highest BCUT2D eigenvalue weighted by Crippen LogP contribution is 2.49. The summed E-state index contributed by atoms with van der Waals surface area (Å²) >= 11 is 0. The van der Waals surface area contributed by atoms with Crippen LogP contribution in [0.1, 0.15) is 35.5 Å². The molecule has 2 aromatic rings. The third-order valence-electron chi connectivity index (χ3n) is 5.31. The maximum atomic E-state index is 12.6. The Hall–Kier alpha value is -2.37. The molecule has 2 aliphatic rings. The first-order chi connectivity index (χ1) is 11.7. The molecule has 3 heterocycles. The minimum absolute atomic E-state index is 0.0300. The molecule has 1 aliphatic heterocycles. The number of carbonyl (C=O) groups is 1. The summed E-state index contributed by atoms with van der Waals surface area (Å²) in [5.74, 6) is 1.39. The van der Waals surface area contributed by atoms with E-state index in [4.69, 9.17) is 9.26 Å². The Bertz CT molecular complexity index is 730. The summed E-state index contributed by atoms with van der Waals surface area (Å²) in [4.78, 5) is 18.8. The molecule has 0 unspecified atom stereocenters. The van der Waals surface area contributed by atoms with Crippen LogP contribution in [0.4, 0.5) is 0 Å². The number of rotatable bonds is 4. The highest BCUT2D eigenvalue weighted by atomic mass is 16.5. The lowest BCUT2D eigenvalue weighted by Gasteiger charge is -2.28. The monoisotopic (exact) mass is 327 g/mol. The van der Waals surface area contributed by atoms with E-state index in [1.54, 1.807) is 12.3 Å². The van der Waals surface area contributed by atoms with Crippen LogP contribution in [0.25, 0.3) is 0 Å². The average Bonchev–Trinajstić information content (AvgIpc) is 3.27. The van der Waals surface area contributed by atoms with E-state index in [0.29, 0.717) is 30.7 Å². The van der Waals surface area contributed by atoms with Crippen molar-refractivity contribution in [3.05, 3.63) is 41.9 Å². The Kier molecular flexibility index (Phi) is 3.75. The van der Waals surface area contributed by atoms with Crippen LogP contribution in [-0.2, 0) is 0 Å². The van der Waals surface area contributed by atoms with Crippen molar-refractivity contribution in [3.63, 3.8) is 0 Å².